The smallest absolute Gasteiger partial charge is 0.774 e. The SMILES string of the molecule is COC(=O)/C([S-])=C(/[S-])C(=O)OC.[CH]1[CH][CH][CH][CH]1.[CH]1[CH][CH][CH][CH]1.[Ti+2]. The summed E-state index contributed by atoms with van der Waals surface area (Å²) in [4.78, 5) is 20.8. The van der Waals surface area contributed by atoms with Crippen LogP contribution in [-0.4, -0.2) is 26.2 Å². The molecule has 0 aliphatic heterocycles. The van der Waals surface area contributed by atoms with Gasteiger partial charge in [-0.05, 0) is 64.2 Å². The third-order valence-corrected chi connectivity index (χ3v) is 2.93. The van der Waals surface area contributed by atoms with Gasteiger partial charge in [-0.25, -0.2) is 9.59 Å². The monoisotopic (exact) mass is 384 g/mol. The van der Waals surface area contributed by atoms with Crippen molar-refractivity contribution in [2.24, 2.45) is 0 Å². The molecular weight excluding hydrogens is 368 g/mol. The Kier molecular flexibility index (Phi) is 18.2. The second kappa shape index (κ2) is 16.7. The van der Waals surface area contributed by atoms with Crippen LogP contribution in [0.25, 0.3) is 0 Å². The standard InChI is InChI=1S/C6H8O4S2.2C5H5.Ti/c1-9-5(7)3(11)4(12)6(8)10-2;2*1-2-4-5-3-1;/h11-12H,1-2H3;2*1-5H;/q;;;+2/p-2/b4-3-;;;. The Morgan fingerprint density at radius 3 is 0.913 bits per heavy atom. The Balaban J connectivity index is 0. The molecule has 2 fully saturated rings. The summed E-state index contributed by atoms with van der Waals surface area (Å²) in [5, 5.41) is 0. The molecular formula is C16H16O4S2Ti. The minimum Gasteiger partial charge on any atom is -0.774 e. The quantitative estimate of drug-likeness (QED) is 0.313. The Hall–Kier alpha value is -0.166. The average Bonchev–Trinajstić information content (AvgIpc) is 3.29. The zero-order valence-electron chi connectivity index (χ0n) is 12.7. The minimum atomic E-state index is -0.805. The van der Waals surface area contributed by atoms with Crippen molar-refractivity contribution in [3.63, 3.8) is 0 Å². The first kappa shape index (κ1) is 25.1. The number of hydrogen-bond acceptors (Lipinski definition) is 6. The fourth-order valence-corrected chi connectivity index (χ4v) is 1.35. The van der Waals surface area contributed by atoms with Crippen LogP contribution in [0.1, 0.15) is 0 Å². The minimum absolute atomic E-state index is 0. The Morgan fingerprint density at radius 2 is 0.783 bits per heavy atom. The zero-order chi connectivity index (χ0) is 16.8. The second-order valence-corrected chi connectivity index (χ2v) is 4.38. The molecule has 0 amide bonds. The number of rotatable bonds is 2. The molecule has 0 heterocycles. The van der Waals surface area contributed by atoms with Crippen molar-refractivity contribution in [3.05, 3.63) is 74.0 Å². The van der Waals surface area contributed by atoms with Crippen LogP contribution in [0.15, 0.2) is 9.81 Å². The van der Waals surface area contributed by atoms with E-state index in [1.807, 2.05) is 64.2 Å². The number of carbonyl (C=O) groups excluding carboxylic acids is 2. The number of methoxy groups -OCH3 is 2. The van der Waals surface area contributed by atoms with Crippen molar-refractivity contribution in [2.45, 2.75) is 0 Å². The number of esters is 2. The van der Waals surface area contributed by atoms with Crippen molar-refractivity contribution in [3.8, 4) is 0 Å². The zero-order valence-corrected chi connectivity index (χ0v) is 15.9. The first-order valence-electron chi connectivity index (χ1n) is 6.12. The summed E-state index contributed by atoms with van der Waals surface area (Å²) in [6.07, 6.45) is 20.0. The Labute approximate surface area is 165 Å². The van der Waals surface area contributed by atoms with Crippen LogP contribution in [-0.2, 0) is 66.0 Å². The molecule has 7 heteroatoms. The molecule has 0 bridgehead atoms. The molecule has 0 saturated heterocycles. The maximum atomic E-state index is 10.7. The van der Waals surface area contributed by atoms with Crippen LogP contribution < -0.4 is 0 Å². The van der Waals surface area contributed by atoms with E-state index in [1.165, 1.54) is 0 Å². The van der Waals surface area contributed by atoms with Gasteiger partial charge in [-0.1, -0.05) is 0 Å². The molecule has 23 heavy (non-hydrogen) atoms. The molecule has 0 aromatic heterocycles. The summed E-state index contributed by atoms with van der Waals surface area (Å²) in [7, 11) is 2.29. The van der Waals surface area contributed by atoms with E-state index in [0.717, 1.165) is 14.2 Å². The summed E-state index contributed by atoms with van der Waals surface area (Å²) in [5.74, 6) is -1.61. The Morgan fingerprint density at radius 1 is 0.609 bits per heavy atom. The molecule has 2 rings (SSSR count). The second-order valence-electron chi connectivity index (χ2n) is 3.57. The van der Waals surface area contributed by atoms with Crippen molar-refractivity contribution < 1.29 is 40.8 Å². The molecule has 120 valence electrons. The molecule has 0 unspecified atom stereocenters. The van der Waals surface area contributed by atoms with Crippen molar-refractivity contribution in [1.82, 2.24) is 0 Å². The van der Waals surface area contributed by atoms with E-state index in [9.17, 15) is 9.59 Å². The third-order valence-electron chi connectivity index (χ3n) is 2.06. The van der Waals surface area contributed by atoms with Crippen LogP contribution in [0.3, 0.4) is 0 Å². The molecule has 10 radical (unpaired) electrons. The average molecular weight is 384 g/mol. The first-order chi connectivity index (χ1) is 10.5. The van der Waals surface area contributed by atoms with Crippen LogP contribution in [0.4, 0.5) is 0 Å². The van der Waals surface area contributed by atoms with Gasteiger partial charge in [0.2, 0.25) is 0 Å². The van der Waals surface area contributed by atoms with E-state index in [-0.39, 0.29) is 31.5 Å². The molecule has 0 N–H and O–H groups in total. The Bertz CT molecular complexity index is 316. The first-order valence-corrected chi connectivity index (χ1v) is 6.94. The summed E-state index contributed by atoms with van der Waals surface area (Å²) < 4.78 is 8.50. The molecule has 2 saturated carbocycles. The number of carbonyl (C=O) groups is 2. The van der Waals surface area contributed by atoms with Gasteiger partial charge in [-0.15, -0.1) is 9.81 Å². The third kappa shape index (κ3) is 12.9. The summed E-state index contributed by atoms with van der Waals surface area (Å²) >= 11 is 9.05. The number of hydrogen-bond donors (Lipinski definition) is 0. The van der Waals surface area contributed by atoms with Gasteiger partial charge in [-0.3, -0.25) is 0 Å². The van der Waals surface area contributed by atoms with Crippen LogP contribution in [0.2, 0.25) is 0 Å². The van der Waals surface area contributed by atoms with Crippen LogP contribution in [0, 0.1) is 64.2 Å². The van der Waals surface area contributed by atoms with Gasteiger partial charge in [0.1, 0.15) is 0 Å². The van der Waals surface area contributed by atoms with Gasteiger partial charge in [0.05, 0.1) is 14.2 Å². The van der Waals surface area contributed by atoms with E-state index in [1.54, 1.807) is 0 Å². The summed E-state index contributed by atoms with van der Waals surface area (Å²) in [5.41, 5.74) is 0. The summed E-state index contributed by atoms with van der Waals surface area (Å²) in [6.45, 7) is 0. The molecule has 2 aliphatic carbocycles. The van der Waals surface area contributed by atoms with E-state index in [0.29, 0.717) is 0 Å². The topological polar surface area (TPSA) is 52.6 Å². The van der Waals surface area contributed by atoms with Crippen molar-refractivity contribution in [1.29, 1.82) is 0 Å². The molecule has 0 spiro atoms. The molecule has 0 aromatic carbocycles. The van der Waals surface area contributed by atoms with Gasteiger partial charge in [0.15, 0.2) is 0 Å². The van der Waals surface area contributed by atoms with Gasteiger partial charge < -0.3 is 34.7 Å². The van der Waals surface area contributed by atoms with Gasteiger partial charge >= 0.3 is 33.7 Å². The largest absolute Gasteiger partial charge is 2.00 e. The molecule has 2 aliphatic rings. The predicted molar refractivity (Wildman–Crippen MR) is 88.8 cm³/mol. The number of ether oxygens (including phenoxy) is 2. The van der Waals surface area contributed by atoms with Crippen LogP contribution in [0.5, 0.6) is 0 Å². The fourth-order valence-electron chi connectivity index (χ4n) is 1.01. The van der Waals surface area contributed by atoms with E-state index < -0.39 is 11.9 Å². The normalized spacial score (nSPS) is 16.4. The predicted octanol–water partition coefficient (Wildman–Crippen LogP) is 1.68. The molecule has 0 aromatic rings. The van der Waals surface area contributed by atoms with Crippen molar-refractivity contribution >= 4 is 37.2 Å². The van der Waals surface area contributed by atoms with Crippen molar-refractivity contribution in [2.75, 3.05) is 14.2 Å². The maximum Gasteiger partial charge on any atom is 2.00 e. The van der Waals surface area contributed by atoms with Crippen LogP contribution >= 0.6 is 0 Å². The van der Waals surface area contributed by atoms with E-state index in [2.05, 4.69) is 34.7 Å². The fraction of sp³-hybridized carbons (Fsp3) is 0.125. The van der Waals surface area contributed by atoms with E-state index in [4.69, 9.17) is 0 Å². The van der Waals surface area contributed by atoms with Gasteiger partial charge in [0, 0.05) is 0 Å². The summed E-state index contributed by atoms with van der Waals surface area (Å²) in [6, 6.07) is 0. The van der Waals surface area contributed by atoms with Gasteiger partial charge in [-0.2, -0.15) is 0 Å². The maximum absolute atomic E-state index is 10.7. The molecule has 0 atom stereocenters. The van der Waals surface area contributed by atoms with E-state index >= 15 is 0 Å². The molecule has 4 nitrogen and oxygen atoms in total. The van der Waals surface area contributed by atoms with Gasteiger partial charge in [0.25, 0.3) is 0 Å².